The van der Waals surface area contributed by atoms with E-state index in [1.165, 1.54) is 25.1 Å². The Bertz CT molecular complexity index is 486. The van der Waals surface area contributed by atoms with Gasteiger partial charge in [0.1, 0.15) is 0 Å². The smallest absolute Gasteiger partial charge is 0.191 e. The number of nitrogens with zero attached hydrogens (tertiary/aromatic N) is 2. The molecule has 0 amide bonds. The van der Waals surface area contributed by atoms with Gasteiger partial charge in [-0.15, -0.1) is 0 Å². The molecule has 2 N–H and O–H groups in total. The van der Waals surface area contributed by atoms with Crippen LogP contribution in [0.5, 0.6) is 0 Å². The molecule has 24 heavy (non-hydrogen) atoms. The Hall–Kier alpha value is -1.55. The number of benzene rings is 1. The van der Waals surface area contributed by atoms with E-state index < -0.39 is 0 Å². The van der Waals surface area contributed by atoms with Crippen LogP contribution in [0.15, 0.2) is 35.3 Å². The minimum absolute atomic E-state index is 0.466. The molecule has 1 aromatic carbocycles. The maximum Gasteiger partial charge on any atom is 0.191 e. The Morgan fingerprint density at radius 1 is 1.29 bits per heavy atom. The van der Waals surface area contributed by atoms with E-state index in [2.05, 4.69) is 66.6 Å². The summed E-state index contributed by atoms with van der Waals surface area (Å²) in [5.74, 6) is 1.66. The predicted octanol–water partition coefficient (Wildman–Crippen LogP) is 2.90. The highest BCUT2D eigenvalue weighted by atomic mass is 15.2. The summed E-state index contributed by atoms with van der Waals surface area (Å²) in [7, 11) is 0. The fourth-order valence-corrected chi connectivity index (χ4v) is 3.07. The van der Waals surface area contributed by atoms with E-state index in [-0.39, 0.29) is 0 Å². The first-order chi connectivity index (χ1) is 11.7. The number of rotatable bonds is 8. The summed E-state index contributed by atoms with van der Waals surface area (Å²) in [4.78, 5) is 7.39. The Kier molecular flexibility index (Phi) is 8.10. The molecule has 2 atom stereocenters. The summed E-state index contributed by atoms with van der Waals surface area (Å²) in [6.07, 6.45) is 3.52. The van der Waals surface area contributed by atoms with Gasteiger partial charge in [-0.05, 0) is 51.1 Å². The van der Waals surface area contributed by atoms with E-state index in [1.54, 1.807) is 0 Å². The highest BCUT2D eigenvalue weighted by Gasteiger charge is 2.21. The van der Waals surface area contributed by atoms with Crippen LogP contribution in [0.4, 0.5) is 0 Å². The average Bonchev–Trinajstić information content (AvgIpc) is 3.07. The number of hydrogen-bond donors (Lipinski definition) is 2. The lowest BCUT2D eigenvalue weighted by atomic mass is 10.1. The second-order valence-corrected chi connectivity index (χ2v) is 6.86. The van der Waals surface area contributed by atoms with Gasteiger partial charge in [0.25, 0.3) is 0 Å². The van der Waals surface area contributed by atoms with Crippen molar-refractivity contribution < 1.29 is 0 Å². The van der Waals surface area contributed by atoms with Crippen molar-refractivity contribution in [3.8, 4) is 0 Å². The minimum Gasteiger partial charge on any atom is -0.357 e. The number of nitrogens with one attached hydrogen (secondary N) is 2. The van der Waals surface area contributed by atoms with Crippen LogP contribution >= 0.6 is 0 Å². The normalized spacial score (nSPS) is 20.1. The second kappa shape index (κ2) is 10.3. The van der Waals surface area contributed by atoms with Gasteiger partial charge in [0.2, 0.25) is 0 Å². The molecule has 0 saturated carbocycles. The van der Waals surface area contributed by atoms with Crippen LogP contribution in [0.1, 0.15) is 39.2 Å². The van der Waals surface area contributed by atoms with Gasteiger partial charge in [-0.3, -0.25) is 4.99 Å². The molecule has 1 aliphatic rings. The van der Waals surface area contributed by atoms with Crippen LogP contribution in [0.2, 0.25) is 0 Å². The van der Waals surface area contributed by atoms with Crippen molar-refractivity contribution in [2.45, 2.75) is 46.1 Å². The molecule has 0 aliphatic carbocycles. The van der Waals surface area contributed by atoms with E-state index in [0.717, 1.165) is 38.4 Å². The standard InChI is InChI=1S/C20H34N4/c1-4-17(3)23-20(21-5-2)22-15-19-12-14-24(16-19)13-11-18-9-7-6-8-10-18/h6-10,17,19H,4-5,11-16H2,1-3H3,(H2,21,22,23). The fraction of sp³-hybridized carbons (Fsp3) is 0.650. The zero-order valence-corrected chi connectivity index (χ0v) is 15.6. The molecule has 0 aromatic heterocycles. The van der Waals surface area contributed by atoms with Gasteiger partial charge < -0.3 is 15.5 Å². The topological polar surface area (TPSA) is 39.7 Å². The molecular formula is C20H34N4. The summed E-state index contributed by atoms with van der Waals surface area (Å²) >= 11 is 0. The van der Waals surface area contributed by atoms with Crippen LogP contribution in [0.3, 0.4) is 0 Å². The molecule has 0 radical (unpaired) electrons. The first-order valence-corrected chi connectivity index (χ1v) is 9.52. The van der Waals surface area contributed by atoms with Crippen molar-refractivity contribution >= 4 is 5.96 Å². The lowest BCUT2D eigenvalue weighted by Crippen LogP contribution is -2.42. The lowest BCUT2D eigenvalue weighted by molar-refractivity contribution is 0.329. The first-order valence-electron chi connectivity index (χ1n) is 9.52. The van der Waals surface area contributed by atoms with Gasteiger partial charge in [-0.1, -0.05) is 37.3 Å². The maximum absolute atomic E-state index is 4.80. The molecule has 4 heteroatoms. The van der Waals surface area contributed by atoms with E-state index in [0.29, 0.717) is 12.0 Å². The second-order valence-electron chi connectivity index (χ2n) is 6.86. The average molecular weight is 331 g/mol. The Morgan fingerprint density at radius 3 is 2.79 bits per heavy atom. The molecule has 1 fully saturated rings. The fourth-order valence-electron chi connectivity index (χ4n) is 3.07. The third-order valence-electron chi connectivity index (χ3n) is 4.78. The van der Waals surface area contributed by atoms with Crippen molar-refractivity contribution in [2.24, 2.45) is 10.9 Å². The van der Waals surface area contributed by atoms with Gasteiger partial charge in [0.05, 0.1) is 0 Å². The minimum atomic E-state index is 0.466. The number of guanidine groups is 1. The van der Waals surface area contributed by atoms with E-state index >= 15 is 0 Å². The van der Waals surface area contributed by atoms with Crippen LogP contribution < -0.4 is 10.6 Å². The third-order valence-corrected chi connectivity index (χ3v) is 4.78. The maximum atomic E-state index is 4.80. The van der Waals surface area contributed by atoms with Crippen molar-refractivity contribution in [1.29, 1.82) is 0 Å². The molecule has 1 saturated heterocycles. The molecule has 0 bridgehead atoms. The van der Waals surface area contributed by atoms with E-state index in [4.69, 9.17) is 4.99 Å². The monoisotopic (exact) mass is 330 g/mol. The Balaban J connectivity index is 1.74. The van der Waals surface area contributed by atoms with Crippen LogP contribution in [-0.2, 0) is 6.42 Å². The van der Waals surface area contributed by atoms with Gasteiger partial charge in [0, 0.05) is 32.2 Å². The molecule has 4 nitrogen and oxygen atoms in total. The summed E-state index contributed by atoms with van der Waals surface area (Å²) in [5, 5.41) is 6.83. The molecule has 1 aromatic rings. The van der Waals surface area contributed by atoms with E-state index in [1.807, 2.05) is 0 Å². The quantitative estimate of drug-likeness (QED) is 0.569. The molecular weight excluding hydrogens is 296 g/mol. The van der Waals surface area contributed by atoms with Crippen molar-refractivity contribution in [2.75, 3.05) is 32.7 Å². The highest BCUT2D eigenvalue weighted by molar-refractivity contribution is 5.80. The first kappa shape index (κ1) is 18.8. The zero-order chi connectivity index (χ0) is 17.2. The van der Waals surface area contributed by atoms with Gasteiger partial charge in [-0.25, -0.2) is 0 Å². The molecule has 1 aliphatic heterocycles. The summed E-state index contributed by atoms with van der Waals surface area (Å²) < 4.78 is 0. The SMILES string of the molecule is CCNC(=NCC1CCN(CCc2ccccc2)C1)NC(C)CC. The summed E-state index contributed by atoms with van der Waals surface area (Å²) in [6.45, 7) is 11.9. The van der Waals surface area contributed by atoms with Crippen molar-refractivity contribution in [3.05, 3.63) is 35.9 Å². The molecule has 2 unspecified atom stereocenters. The van der Waals surface area contributed by atoms with Crippen LogP contribution in [0.25, 0.3) is 0 Å². The van der Waals surface area contributed by atoms with Crippen molar-refractivity contribution in [3.63, 3.8) is 0 Å². The van der Waals surface area contributed by atoms with Crippen LogP contribution in [0, 0.1) is 5.92 Å². The highest BCUT2D eigenvalue weighted by Crippen LogP contribution is 2.17. The summed E-state index contributed by atoms with van der Waals surface area (Å²) in [6, 6.07) is 11.3. The number of hydrogen-bond acceptors (Lipinski definition) is 2. The predicted molar refractivity (Wildman–Crippen MR) is 104 cm³/mol. The zero-order valence-electron chi connectivity index (χ0n) is 15.6. The third kappa shape index (κ3) is 6.52. The molecule has 1 heterocycles. The number of aliphatic imine (C=N–C) groups is 1. The molecule has 134 valence electrons. The van der Waals surface area contributed by atoms with Gasteiger partial charge >= 0.3 is 0 Å². The van der Waals surface area contributed by atoms with E-state index in [9.17, 15) is 0 Å². The summed E-state index contributed by atoms with van der Waals surface area (Å²) in [5.41, 5.74) is 1.44. The van der Waals surface area contributed by atoms with Gasteiger partial charge in [-0.2, -0.15) is 0 Å². The van der Waals surface area contributed by atoms with Crippen molar-refractivity contribution in [1.82, 2.24) is 15.5 Å². The Labute approximate surface area is 147 Å². The largest absolute Gasteiger partial charge is 0.357 e. The Morgan fingerprint density at radius 2 is 2.08 bits per heavy atom. The lowest BCUT2D eigenvalue weighted by Gasteiger charge is -2.18. The van der Waals surface area contributed by atoms with Crippen LogP contribution in [-0.4, -0.2) is 49.6 Å². The molecule has 0 spiro atoms. The van der Waals surface area contributed by atoms with Gasteiger partial charge in [0.15, 0.2) is 5.96 Å². The number of likely N-dealkylation sites (tertiary alicyclic amines) is 1. The molecule has 2 rings (SSSR count).